The summed E-state index contributed by atoms with van der Waals surface area (Å²) in [5.41, 5.74) is 5.91. The topological polar surface area (TPSA) is 95.4 Å². The summed E-state index contributed by atoms with van der Waals surface area (Å²) in [5, 5.41) is 0.670. The highest BCUT2D eigenvalue weighted by Crippen LogP contribution is 2.31. The molecule has 6 nitrogen and oxygen atoms in total. The minimum absolute atomic E-state index is 0.00218. The quantitative estimate of drug-likeness (QED) is 0.746. The molecule has 0 aliphatic heterocycles. The summed E-state index contributed by atoms with van der Waals surface area (Å²) in [7, 11) is 0. The zero-order chi connectivity index (χ0) is 15.7. The van der Waals surface area contributed by atoms with Crippen molar-refractivity contribution in [2.75, 3.05) is 0 Å². The molecule has 0 bridgehead atoms. The highest BCUT2D eigenvalue weighted by molar-refractivity contribution is 7.21. The van der Waals surface area contributed by atoms with Crippen LogP contribution in [0.2, 0.25) is 0 Å². The molecule has 0 radical (unpaired) electrons. The average molecular weight is 316 g/mol. The van der Waals surface area contributed by atoms with Crippen LogP contribution in [-0.2, 0) is 9.53 Å². The van der Waals surface area contributed by atoms with Gasteiger partial charge in [0.25, 0.3) is 5.91 Å². The molecule has 0 aliphatic rings. The van der Waals surface area contributed by atoms with E-state index >= 15 is 0 Å². The third kappa shape index (κ3) is 2.71. The summed E-state index contributed by atoms with van der Waals surface area (Å²) in [6.45, 7) is 1.40. The molecule has 2 aromatic heterocycles. The van der Waals surface area contributed by atoms with Crippen LogP contribution in [0.5, 0.6) is 0 Å². The zero-order valence-electron chi connectivity index (χ0n) is 11.6. The lowest BCUT2D eigenvalue weighted by Gasteiger charge is -2.07. The molecule has 22 heavy (non-hydrogen) atoms. The Kier molecular flexibility index (Phi) is 3.64. The van der Waals surface area contributed by atoms with Crippen LogP contribution in [0.1, 0.15) is 17.5 Å². The summed E-state index contributed by atoms with van der Waals surface area (Å²) in [5.74, 6) is -0.979. The number of nitrogens with zero attached hydrogens (tertiary/aromatic N) is 1. The minimum Gasteiger partial charge on any atom is -0.447 e. The first-order valence-corrected chi connectivity index (χ1v) is 7.32. The Morgan fingerprint density at radius 1 is 1.27 bits per heavy atom. The van der Waals surface area contributed by atoms with Crippen LogP contribution in [0, 0.1) is 0 Å². The van der Waals surface area contributed by atoms with Crippen LogP contribution in [-0.4, -0.2) is 23.0 Å². The van der Waals surface area contributed by atoms with E-state index in [4.69, 9.17) is 14.9 Å². The molecule has 2 heterocycles. The van der Waals surface area contributed by atoms with Crippen molar-refractivity contribution in [2.24, 2.45) is 5.73 Å². The molecule has 2 N–H and O–H groups in total. The molecule has 0 fully saturated rings. The average Bonchev–Trinajstić information content (AvgIpc) is 3.13. The monoisotopic (exact) mass is 316 g/mol. The van der Waals surface area contributed by atoms with Gasteiger partial charge in [0, 0.05) is 0 Å². The Morgan fingerprint density at radius 3 is 2.77 bits per heavy atom. The molecule has 0 spiro atoms. The van der Waals surface area contributed by atoms with Crippen molar-refractivity contribution in [1.82, 2.24) is 4.98 Å². The van der Waals surface area contributed by atoms with Crippen LogP contribution < -0.4 is 5.73 Å². The minimum atomic E-state index is -1.01. The number of hydrogen-bond donors (Lipinski definition) is 1. The van der Waals surface area contributed by atoms with E-state index in [1.807, 2.05) is 24.3 Å². The van der Waals surface area contributed by atoms with Crippen molar-refractivity contribution in [1.29, 1.82) is 0 Å². The number of amides is 1. The van der Waals surface area contributed by atoms with E-state index in [1.165, 1.54) is 24.3 Å². The molecule has 0 aliphatic carbocycles. The van der Waals surface area contributed by atoms with Gasteiger partial charge in [-0.2, -0.15) is 0 Å². The molecule has 7 heteroatoms. The summed E-state index contributed by atoms with van der Waals surface area (Å²) in [6, 6.07) is 10.8. The van der Waals surface area contributed by atoms with E-state index in [2.05, 4.69) is 4.98 Å². The number of aromatic nitrogens is 1. The van der Waals surface area contributed by atoms with Crippen molar-refractivity contribution in [3.05, 3.63) is 42.2 Å². The maximum Gasteiger partial charge on any atom is 0.375 e. The second kappa shape index (κ2) is 5.61. The lowest BCUT2D eigenvalue weighted by molar-refractivity contribution is -0.125. The summed E-state index contributed by atoms with van der Waals surface area (Å²) in [4.78, 5) is 27.2. The van der Waals surface area contributed by atoms with Gasteiger partial charge in [0.05, 0.1) is 10.2 Å². The van der Waals surface area contributed by atoms with Gasteiger partial charge in [0.1, 0.15) is 0 Å². The SMILES string of the molecule is C[C@H](OC(=O)c1ccc(-c2nc3ccccc3s2)o1)C(N)=O. The molecule has 0 saturated heterocycles. The second-order valence-electron chi connectivity index (χ2n) is 4.60. The van der Waals surface area contributed by atoms with Crippen molar-refractivity contribution >= 4 is 33.4 Å². The van der Waals surface area contributed by atoms with Crippen LogP contribution >= 0.6 is 11.3 Å². The Hall–Kier alpha value is -2.67. The van der Waals surface area contributed by atoms with Crippen molar-refractivity contribution < 1.29 is 18.7 Å². The van der Waals surface area contributed by atoms with Crippen molar-refractivity contribution in [2.45, 2.75) is 13.0 Å². The van der Waals surface area contributed by atoms with Crippen LogP contribution in [0.3, 0.4) is 0 Å². The molecule has 1 aromatic carbocycles. The summed E-state index contributed by atoms with van der Waals surface area (Å²) < 4.78 is 11.4. The lowest BCUT2D eigenvalue weighted by Crippen LogP contribution is -2.30. The number of furan rings is 1. The van der Waals surface area contributed by atoms with E-state index in [9.17, 15) is 9.59 Å². The van der Waals surface area contributed by atoms with Crippen LogP contribution in [0.15, 0.2) is 40.8 Å². The molecule has 0 unspecified atom stereocenters. The van der Waals surface area contributed by atoms with E-state index in [-0.39, 0.29) is 5.76 Å². The second-order valence-corrected chi connectivity index (χ2v) is 5.63. The molecule has 1 atom stereocenters. The fraction of sp³-hybridized carbons (Fsp3) is 0.133. The molecule has 3 rings (SSSR count). The Balaban J connectivity index is 1.84. The van der Waals surface area contributed by atoms with Gasteiger partial charge in [0.15, 0.2) is 16.9 Å². The number of fused-ring (bicyclic) bond motifs is 1. The summed E-state index contributed by atoms with van der Waals surface area (Å²) in [6.07, 6.45) is -1.01. The highest BCUT2D eigenvalue weighted by Gasteiger charge is 2.20. The molecule has 3 aromatic rings. The van der Waals surface area contributed by atoms with Crippen molar-refractivity contribution in [3.63, 3.8) is 0 Å². The number of thiazole rings is 1. The van der Waals surface area contributed by atoms with E-state index in [1.54, 1.807) is 6.07 Å². The highest BCUT2D eigenvalue weighted by atomic mass is 32.1. The number of primary amides is 1. The summed E-state index contributed by atoms with van der Waals surface area (Å²) >= 11 is 1.46. The van der Waals surface area contributed by atoms with Gasteiger partial charge in [-0.3, -0.25) is 4.79 Å². The zero-order valence-corrected chi connectivity index (χ0v) is 12.4. The number of carbonyl (C=O) groups is 2. The number of benzene rings is 1. The third-order valence-corrected chi connectivity index (χ3v) is 4.05. The lowest BCUT2D eigenvalue weighted by atomic mass is 10.3. The predicted molar refractivity (Wildman–Crippen MR) is 81.4 cm³/mol. The predicted octanol–water partition coefficient (Wildman–Crippen LogP) is 2.59. The standard InChI is InChI=1S/C15H12N2O4S/c1-8(13(16)18)20-15(19)11-7-6-10(21-11)14-17-9-4-2-3-5-12(9)22-14/h2-8H,1H3,(H2,16,18)/t8-/m0/s1. The first kappa shape index (κ1) is 14.3. The molecule has 112 valence electrons. The van der Waals surface area contributed by atoms with E-state index < -0.39 is 18.0 Å². The van der Waals surface area contributed by atoms with Gasteiger partial charge in [-0.15, -0.1) is 11.3 Å². The Morgan fingerprint density at radius 2 is 2.05 bits per heavy atom. The third-order valence-electron chi connectivity index (χ3n) is 3.00. The van der Waals surface area contributed by atoms with Gasteiger partial charge in [0.2, 0.25) is 5.76 Å². The largest absolute Gasteiger partial charge is 0.447 e. The molecular formula is C15H12N2O4S. The Labute approximate surface area is 129 Å². The Bertz CT molecular complexity index is 819. The normalized spacial score (nSPS) is 12.2. The molecule has 0 saturated carbocycles. The smallest absolute Gasteiger partial charge is 0.375 e. The fourth-order valence-electron chi connectivity index (χ4n) is 1.82. The van der Waals surface area contributed by atoms with Gasteiger partial charge in [-0.25, -0.2) is 9.78 Å². The van der Waals surface area contributed by atoms with Crippen molar-refractivity contribution in [3.8, 4) is 10.8 Å². The fourth-order valence-corrected chi connectivity index (χ4v) is 2.74. The van der Waals surface area contributed by atoms with Crippen LogP contribution in [0.4, 0.5) is 0 Å². The van der Waals surface area contributed by atoms with Crippen LogP contribution in [0.25, 0.3) is 21.0 Å². The maximum atomic E-state index is 11.8. The number of para-hydroxylation sites is 1. The van der Waals surface area contributed by atoms with E-state index in [0.717, 1.165) is 10.2 Å². The first-order chi connectivity index (χ1) is 10.5. The van der Waals surface area contributed by atoms with Gasteiger partial charge in [-0.1, -0.05) is 12.1 Å². The number of rotatable bonds is 4. The maximum absolute atomic E-state index is 11.8. The number of esters is 1. The number of carbonyl (C=O) groups excluding carboxylic acids is 2. The molecule has 1 amide bonds. The van der Waals surface area contributed by atoms with Gasteiger partial charge in [-0.05, 0) is 31.2 Å². The van der Waals surface area contributed by atoms with E-state index in [0.29, 0.717) is 10.8 Å². The number of nitrogens with two attached hydrogens (primary N) is 1. The number of hydrogen-bond acceptors (Lipinski definition) is 6. The molecular weight excluding hydrogens is 304 g/mol. The number of ether oxygens (including phenoxy) is 1. The first-order valence-electron chi connectivity index (χ1n) is 6.50. The van der Waals surface area contributed by atoms with Gasteiger partial charge >= 0.3 is 5.97 Å². The van der Waals surface area contributed by atoms with Gasteiger partial charge < -0.3 is 14.9 Å².